The van der Waals surface area contributed by atoms with Crippen molar-refractivity contribution in [3.8, 4) is 0 Å². The van der Waals surface area contributed by atoms with E-state index in [0.29, 0.717) is 41.7 Å². The number of anilines is 1. The van der Waals surface area contributed by atoms with Gasteiger partial charge in [0.2, 0.25) is 5.91 Å². The number of aromatic nitrogens is 5. The number of hydrogen-bond donors (Lipinski definition) is 1. The maximum atomic E-state index is 13.2. The summed E-state index contributed by atoms with van der Waals surface area (Å²) in [4.78, 5) is 42.8. The Morgan fingerprint density at radius 2 is 1.83 bits per heavy atom. The lowest BCUT2D eigenvalue weighted by atomic mass is 10.2. The first-order chi connectivity index (χ1) is 14.2. The summed E-state index contributed by atoms with van der Waals surface area (Å²) in [5.74, 6) is 0.999. The van der Waals surface area contributed by atoms with Crippen molar-refractivity contribution in [1.29, 1.82) is 0 Å². The average molecular weight is 416 g/mol. The molecule has 10 heteroatoms. The van der Waals surface area contributed by atoms with Crippen LogP contribution in [0.4, 0.5) is 5.82 Å². The maximum Gasteiger partial charge on any atom is 0.332 e. The normalized spacial score (nSPS) is 11.7. The third-order valence-corrected chi connectivity index (χ3v) is 4.55. The molecule has 3 rings (SSSR count). The van der Waals surface area contributed by atoms with Crippen molar-refractivity contribution in [3.63, 3.8) is 0 Å². The van der Waals surface area contributed by atoms with Gasteiger partial charge >= 0.3 is 5.69 Å². The minimum atomic E-state index is -0.457. The van der Waals surface area contributed by atoms with Crippen molar-refractivity contribution in [2.75, 3.05) is 5.32 Å². The van der Waals surface area contributed by atoms with E-state index in [1.807, 2.05) is 27.7 Å². The van der Waals surface area contributed by atoms with Gasteiger partial charge in [0, 0.05) is 32.1 Å². The van der Waals surface area contributed by atoms with E-state index in [0.717, 1.165) is 4.57 Å². The summed E-state index contributed by atoms with van der Waals surface area (Å²) in [7, 11) is 0. The Bertz CT molecular complexity index is 1160. The predicted octanol–water partition coefficient (Wildman–Crippen LogP) is 2.00. The van der Waals surface area contributed by atoms with Gasteiger partial charge in [0.1, 0.15) is 5.76 Å². The number of imidazole rings is 1. The van der Waals surface area contributed by atoms with Crippen molar-refractivity contribution in [2.24, 2.45) is 11.8 Å². The molecule has 3 heterocycles. The van der Waals surface area contributed by atoms with Gasteiger partial charge in [0.05, 0.1) is 6.33 Å². The Kier molecular flexibility index (Phi) is 6.23. The topological polar surface area (TPSA) is 117 Å². The molecule has 0 atom stereocenters. The van der Waals surface area contributed by atoms with Crippen LogP contribution in [-0.2, 0) is 24.4 Å². The second-order valence-corrected chi connectivity index (χ2v) is 8.33. The van der Waals surface area contributed by atoms with E-state index >= 15 is 0 Å². The van der Waals surface area contributed by atoms with Crippen molar-refractivity contribution in [3.05, 3.63) is 39.0 Å². The quantitative estimate of drug-likeness (QED) is 0.600. The lowest BCUT2D eigenvalue weighted by Gasteiger charge is -2.14. The molecule has 0 unspecified atom stereocenters. The van der Waals surface area contributed by atoms with E-state index < -0.39 is 11.2 Å². The number of nitrogens with zero attached hydrogens (tertiary/aromatic N) is 5. The SMILES string of the molecule is Cc1cc(NC(=O)CCn2c(=O)c3c(ncn3CC(C)C)n(CC(C)C)c2=O)no1. The number of rotatable bonds is 8. The second-order valence-electron chi connectivity index (χ2n) is 8.33. The van der Waals surface area contributed by atoms with Gasteiger partial charge in [-0.1, -0.05) is 32.9 Å². The fourth-order valence-electron chi connectivity index (χ4n) is 3.34. The number of amides is 1. The minimum absolute atomic E-state index is 0.0404. The molecule has 30 heavy (non-hydrogen) atoms. The standard InChI is InChI=1S/C20H28N6O4/c1-12(2)9-24-11-21-18-17(24)19(28)25(20(29)26(18)10-13(3)4)7-6-16(27)22-15-8-14(5)30-23-15/h8,11-13H,6-7,9-10H2,1-5H3,(H,22,23,27). The number of hydrogen-bond acceptors (Lipinski definition) is 6. The summed E-state index contributed by atoms with van der Waals surface area (Å²) in [5, 5.41) is 6.32. The molecule has 0 radical (unpaired) electrons. The summed E-state index contributed by atoms with van der Waals surface area (Å²) in [6, 6.07) is 1.59. The first kappa shape index (κ1) is 21.5. The lowest BCUT2D eigenvalue weighted by molar-refractivity contribution is -0.116. The number of carbonyl (C=O) groups excluding carboxylic acids is 1. The third kappa shape index (κ3) is 4.52. The zero-order valence-electron chi connectivity index (χ0n) is 18.0. The van der Waals surface area contributed by atoms with Gasteiger partial charge in [-0.2, -0.15) is 0 Å². The largest absolute Gasteiger partial charge is 0.360 e. The van der Waals surface area contributed by atoms with Crippen LogP contribution in [0.25, 0.3) is 11.2 Å². The molecule has 3 aromatic rings. The number of nitrogens with one attached hydrogen (secondary N) is 1. The Morgan fingerprint density at radius 1 is 1.13 bits per heavy atom. The number of carbonyl (C=O) groups is 1. The van der Waals surface area contributed by atoms with Gasteiger partial charge in [-0.05, 0) is 18.8 Å². The molecule has 0 aromatic carbocycles. The van der Waals surface area contributed by atoms with E-state index in [-0.39, 0.29) is 24.8 Å². The molecule has 0 bridgehead atoms. The van der Waals surface area contributed by atoms with Crippen LogP contribution in [0.15, 0.2) is 26.5 Å². The Labute approximate surface area is 173 Å². The van der Waals surface area contributed by atoms with Crippen LogP contribution in [0.2, 0.25) is 0 Å². The summed E-state index contributed by atoms with van der Waals surface area (Å²) in [6.45, 7) is 10.8. The lowest BCUT2D eigenvalue weighted by Crippen LogP contribution is -2.42. The van der Waals surface area contributed by atoms with Crippen LogP contribution in [0.3, 0.4) is 0 Å². The van der Waals surface area contributed by atoms with Crippen LogP contribution in [0, 0.1) is 18.8 Å². The summed E-state index contributed by atoms with van der Waals surface area (Å²) in [6.07, 6.45) is 1.55. The molecule has 3 aromatic heterocycles. The van der Waals surface area contributed by atoms with Crippen LogP contribution in [-0.4, -0.2) is 29.7 Å². The molecule has 10 nitrogen and oxygen atoms in total. The molecule has 0 saturated heterocycles. The van der Waals surface area contributed by atoms with E-state index in [9.17, 15) is 14.4 Å². The van der Waals surface area contributed by atoms with Crippen molar-refractivity contribution >= 4 is 22.9 Å². The molecule has 0 spiro atoms. The van der Waals surface area contributed by atoms with Crippen molar-refractivity contribution in [2.45, 2.75) is 60.7 Å². The zero-order valence-corrected chi connectivity index (χ0v) is 18.0. The van der Waals surface area contributed by atoms with Gasteiger partial charge in [0.15, 0.2) is 17.0 Å². The molecular weight excluding hydrogens is 388 g/mol. The highest BCUT2D eigenvalue weighted by Crippen LogP contribution is 2.12. The highest BCUT2D eigenvalue weighted by molar-refractivity contribution is 5.89. The molecule has 0 aliphatic rings. The summed E-state index contributed by atoms with van der Waals surface area (Å²) in [5.41, 5.74) is -0.117. The Balaban J connectivity index is 1.97. The Morgan fingerprint density at radius 3 is 2.43 bits per heavy atom. The van der Waals surface area contributed by atoms with E-state index in [1.54, 1.807) is 23.9 Å². The number of fused-ring (bicyclic) bond motifs is 1. The van der Waals surface area contributed by atoms with E-state index in [4.69, 9.17) is 4.52 Å². The van der Waals surface area contributed by atoms with Crippen LogP contribution in [0.1, 0.15) is 39.9 Å². The van der Waals surface area contributed by atoms with Gasteiger partial charge in [-0.3, -0.25) is 18.7 Å². The highest BCUT2D eigenvalue weighted by Gasteiger charge is 2.19. The number of aryl methyl sites for hydroxylation is 1. The fraction of sp³-hybridized carbons (Fsp3) is 0.550. The third-order valence-electron chi connectivity index (χ3n) is 4.55. The first-order valence-electron chi connectivity index (χ1n) is 10.1. The minimum Gasteiger partial charge on any atom is -0.360 e. The van der Waals surface area contributed by atoms with Gasteiger partial charge in [-0.25, -0.2) is 9.78 Å². The Hall–Kier alpha value is -3.17. The molecule has 1 amide bonds. The predicted molar refractivity (Wildman–Crippen MR) is 112 cm³/mol. The smallest absolute Gasteiger partial charge is 0.332 e. The van der Waals surface area contributed by atoms with Crippen molar-refractivity contribution < 1.29 is 9.32 Å². The van der Waals surface area contributed by atoms with Crippen LogP contribution >= 0.6 is 0 Å². The first-order valence-corrected chi connectivity index (χ1v) is 10.1. The molecule has 0 fully saturated rings. The van der Waals surface area contributed by atoms with Crippen LogP contribution < -0.4 is 16.6 Å². The van der Waals surface area contributed by atoms with Gasteiger partial charge in [0.25, 0.3) is 5.56 Å². The molecule has 0 saturated carbocycles. The molecule has 162 valence electrons. The summed E-state index contributed by atoms with van der Waals surface area (Å²) < 4.78 is 9.35. The zero-order chi connectivity index (χ0) is 22.0. The molecular formula is C20H28N6O4. The monoisotopic (exact) mass is 416 g/mol. The van der Waals surface area contributed by atoms with E-state index in [1.165, 1.54) is 4.57 Å². The second kappa shape index (κ2) is 8.68. The molecule has 0 aliphatic heterocycles. The molecule has 1 N–H and O–H groups in total. The highest BCUT2D eigenvalue weighted by atomic mass is 16.5. The molecule has 0 aliphatic carbocycles. The average Bonchev–Trinajstić information content (AvgIpc) is 3.24. The van der Waals surface area contributed by atoms with Crippen LogP contribution in [0.5, 0.6) is 0 Å². The fourth-order valence-corrected chi connectivity index (χ4v) is 3.34. The van der Waals surface area contributed by atoms with Gasteiger partial charge in [-0.15, -0.1) is 0 Å². The summed E-state index contributed by atoms with van der Waals surface area (Å²) >= 11 is 0. The van der Waals surface area contributed by atoms with Crippen molar-refractivity contribution in [1.82, 2.24) is 23.8 Å². The van der Waals surface area contributed by atoms with E-state index in [2.05, 4.69) is 15.5 Å². The maximum absolute atomic E-state index is 13.2. The van der Waals surface area contributed by atoms with Gasteiger partial charge < -0.3 is 14.4 Å².